The first-order valence-corrected chi connectivity index (χ1v) is 4.81. The molecule has 1 atom stereocenters. The van der Waals surface area contributed by atoms with Crippen molar-refractivity contribution in [1.82, 2.24) is 9.80 Å². The van der Waals surface area contributed by atoms with E-state index in [1.54, 1.807) is 0 Å². The molecule has 0 aliphatic carbocycles. The molecule has 0 aromatic heterocycles. The lowest BCUT2D eigenvalue weighted by atomic mass is 10.1. The van der Waals surface area contributed by atoms with Crippen LogP contribution < -0.4 is 5.73 Å². The zero-order valence-electron chi connectivity index (χ0n) is 8.29. The minimum absolute atomic E-state index is 0.418. The molecule has 1 fully saturated rings. The fourth-order valence-electron chi connectivity index (χ4n) is 1.64. The Bertz CT molecular complexity index is 125. The van der Waals surface area contributed by atoms with Crippen molar-refractivity contribution in [2.45, 2.75) is 18.9 Å². The molecule has 72 valence electrons. The van der Waals surface area contributed by atoms with Gasteiger partial charge in [0, 0.05) is 25.7 Å². The second-order valence-corrected chi connectivity index (χ2v) is 4.01. The SMILES string of the molecule is CN(C)CCN1CCC[C@H](N)C1. The zero-order chi connectivity index (χ0) is 8.97. The number of nitrogens with zero attached hydrogens (tertiary/aromatic N) is 2. The Balaban J connectivity index is 2.14. The highest BCUT2D eigenvalue weighted by Crippen LogP contribution is 2.07. The summed E-state index contributed by atoms with van der Waals surface area (Å²) in [6.45, 7) is 4.64. The van der Waals surface area contributed by atoms with Crippen LogP contribution >= 0.6 is 0 Å². The lowest BCUT2D eigenvalue weighted by Crippen LogP contribution is -2.44. The fraction of sp³-hybridized carbons (Fsp3) is 1.00. The van der Waals surface area contributed by atoms with Gasteiger partial charge in [0.2, 0.25) is 0 Å². The molecule has 3 nitrogen and oxygen atoms in total. The van der Waals surface area contributed by atoms with Gasteiger partial charge in [-0.3, -0.25) is 0 Å². The van der Waals surface area contributed by atoms with Gasteiger partial charge in [-0.2, -0.15) is 0 Å². The van der Waals surface area contributed by atoms with Crippen molar-refractivity contribution in [2.75, 3.05) is 40.3 Å². The van der Waals surface area contributed by atoms with Crippen LogP contribution in [0.1, 0.15) is 12.8 Å². The van der Waals surface area contributed by atoms with Gasteiger partial charge in [0.1, 0.15) is 0 Å². The second-order valence-electron chi connectivity index (χ2n) is 4.01. The van der Waals surface area contributed by atoms with Crippen LogP contribution in [0.25, 0.3) is 0 Å². The van der Waals surface area contributed by atoms with Gasteiger partial charge in [0.05, 0.1) is 0 Å². The van der Waals surface area contributed by atoms with E-state index in [-0.39, 0.29) is 0 Å². The molecule has 1 saturated heterocycles. The van der Waals surface area contributed by atoms with Crippen molar-refractivity contribution < 1.29 is 0 Å². The second kappa shape index (κ2) is 4.80. The van der Waals surface area contributed by atoms with Crippen LogP contribution in [0.3, 0.4) is 0 Å². The first-order chi connectivity index (χ1) is 5.68. The molecule has 0 bridgehead atoms. The minimum Gasteiger partial charge on any atom is -0.327 e. The number of likely N-dealkylation sites (tertiary alicyclic amines) is 1. The Morgan fingerprint density at radius 2 is 2.25 bits per heavy atom. The maximum Gasteiger partial charge on any atom is 0.0168 e. The van der Waals surface area contributed by atoms with Gasteiger partial charge in [-0.05, 0) is 33.5 Å². The Morgan fingerprint density at radius 3 is 2.83 bits per heavy atom. The Morgan fingerprint density at radius 1 is 1.50 bits per heavy atom. The number of hydrogen-bond acceptors (Lipinski definition) is 3. The molecule has 0 spiro atoms. The van der Waals surface area contributed by atoms with Crippen molar-refractivity contribution in [1.29, 1.82) is 0 Å². The molecule has 0 amide bonds. The number of piperidine rings is 1. The van der Waals surface area contributed by atoms with Gasteiger partial charge in [-0.25, -0.2) is 0 Å². The van der Waals surface area contributed by atoms with Crippen molar-refractivity contribution in [2.24, 2.45) is 5.73 Å². The third-order valence-corrected chi connectivity index (χ3v) is 2.41. The summed E-state index contributed by atoms with van der Waals surface area (Å²) in [6.07, 6.45) is 2.48. The summed E-state index contributed by atoms with van der Waals surface area (Å²) >= 11 is 0. The van der Waals surface area contributed by atoms with Gasteiger partial charge in [-0.1, -0.05) is 0 Å². The minimum atomic E-state index is 0.418. The van der Waals surface area contributed by atoms with Crippen LogP contribution in [0.5, 0.6) is 0 Å². The lowest BCUT2D eigenvalue weighted by Gasteiger charge is -2.31. The Kier molecular flexibility index (Phi) is 3.98. The van der Waals surface area contributed by atoms with E-state index in [1.165, 1.54) is 25.9 Å². The predicted molar refractivity (Wildman–Crippen MR) is 52.2 cm³/mol. The van der Waals surface area contributed by atoms with Crippen molar-refractivity contribution >= 4 is 0 Å². The summed E-state index contributed by atoms with van der Waals surface area (Å²) in [5, 5.41) is 0. The van der Waals surface area contributed by atoms with Crippen molar-refractivity contribution in [3.63, 3.8) is 0 Å². The average molecular weight is 171 g/mol. The van der Waals surface area contributed by atoms with E-state index in [4.69, 9.17) is 5.73 Å². The van der Waals surface area contributed by atoms with E-state index >= 15 is 0 Å². The lowest BCUT2D eigenvalue weighted by molar-refractivity contribution is 0.191. The quantitative estimate of drug-likeness (QED) is 0.647. The molecular formula is C9H21N3. The first kappa shape index (κ1) is 9.96. The number of rotatable bonds is 3. The highest BCUT2D eigenvalue weighted by Gasteiger charge is 2.15. The predicted octanol–water partition coefficient (Wildman–Crippen LogP) is -0.0289. The number of likely N-dealkylation sites (N-methyl/N-ethyl adjacent to an activating group) is 1. The molecule has 0 radical (unpaired) electrons. The van der Waals surface area contributed by atoms with Gasteiger partial charge in [0.15, 0.2) is 0 Å². The van der Waals surface area contributed by atoms with Gasteiger partial charge in [0.25, 0.3) is 0 Å². The Hall–Kier alpha value is -0.120. The molecule has 2 N–H and O–H groups in total. The molecular weight excluding hydrogens is 150 g/mol. The zero-order valence-corrected chi connectivity index (χ0v) is 8.29. The molecule has 1 aliphatic rings. The Labute approximate surface area is 75.5 Å². The molecule has 0 saturated carbocycles. The van der Waals surface area contributed by atoms with Crippen LogP contribution in [0.15, 0.2) is 0 Å². The number of hydrogen-bond donors (Lipinski definition) is 1. The highest BCUT2D eigenvalue weighted by molar-refractivity contribution is 4.75. The molecule has 3 heteroatoms. The summed E-state index contributed by atoms with van der Waals surface area (Å²) in [6, 6.07) is 0.418. The third kappa shape index (κ3) is 3.52. The normalized spacial score (nSPS) is 26.5. The highest BCUT2D eigenvalue weighted by atomic mass is 15.2. The monoisotopic (exact) mass is 171 g/mol. The van der Waals surface area contributed by atoms with E-state index < -0.39 is 0 Å². The van der Waals surface area contributed by atoms with Crippen LogP contribution in [-0.4, -0.2) is 56.1 Å². The maximum atomic E-state index is 5.88. The summed E-state index contributed by atoms with van der Waals surface area (Å²) in [5.74, 6) is 0. The van der Waals surface area contributed by atoms with E-state index in [1.807, 2.05) is 0 Å². The maximum absolute atomic E-state index is 5.88. The molecule has 1 heterocycles. The number of nitrogens with two attached hydrogens (primary N) is 1. The summed E-state index contributed by atoms with van der Waals surface area (Å²) < 4.78 is 0. The van der Waals surface area contributed by atoms with E-state index in [2.05, 4.69) is 23.9 Å². The first-order valence-electron chi connectivity index (χ1n) is 4.81. The smallest absolute Gasteiger partial charge is 0.0168 e. The van der Waals surface area contributed by atoms with E-state index in [0.29, 0.717) is 6.04 Å². The summed E-state index contributed by atoms with van der Waals surface area (Å²) in [5.41, 5.74) is 5.88. The van der Waals surface area contributed by atoms with Crippen molar-refractivity contribution in [3.05, 3.63) is 0 Å². The molecule has 0 aromatic carbocycles. The van der Waals surface area contributed by atoms with E-state index in [9.17, 15) is 0 Å². The third-order valence-electron chi connectivity index (χ3n) is 2.41. The molecule has 0 unspecified atom stereocenters. The largest absolute Gasteiger partial charge is 0.327 e. The van der Waals surface area contributed by atoms with Crippen LogP contribution in [-0.2, 0) is 0 Å². The van der Waals surface area contributed by atoms with Gasteiger partial charge in [-0.15, -0.1) is 0 Å². The van der Waals surface area contributed by atoms with Crippen LogP contribution in [0.4, 0.5) is 0 Å². The van der Waals surface area contributed by atoms with Crippen LogP contribution in [0, 0.1) is 0 Å². The van der Waals surface area contributed by atoms with Crippen molar-refractivity contribution in [3.8, 4) is 0 Å². The molecule has 1 aliphatic heterocycles. The molecule has 0 aromatic rings. The average Bonchev–Trinajstić information content (AvgIpc) is 2.01. The molecule has 1 rings (SSSR count). The topological polar surface area (TPSA) is 32.5 Å². The van der Waals surface area contributed by atoms with Crippen LogP contribution in [0.2, 0.25) is 0 Å². The standard InChI is InChI=1S/C9H21N3/c1-11(2)6-7-12-5-3-4-9(10)8-12/h9H,3-8,10H2,1-2H3/t9-/m0/s1. The summed E-state index contributed by atoms with van der Waals surface area (Å²) in [7, 11) is 4.23. The van der Waals surface area contributed by atoms with Gasteiger partial charge >= 0.3 is 0 Å². The fourth-order valence-corrected chi connectivity index (χ4v) is 1.64. The van der Waals surface area contributed by atoms with Gasteiger partial charge < -0.3 is 15.5 Å². The molecule has 12 heavy (non-hydrogen) atoms. The van der Waals surface area contributed by atoms with E-state index in [0.717, 1.165) is 13.1 Å². The summed E-state index contributed by atoms with van der Waals surface area (Å²) in [4.78, 5) is 4.69.